The standard InChI is InChI=1S/C14H25N5O4S2/c1-4-6-8-18(9-7-5-2)25(22,23)13-16-15-12(24-13)19-11(20)10-17(3)14(19)21/h11,20H,4-10H2,1-3H3. The summed E-state index contributed by atoms with van der Waals surface area (Å²) in [5.41, 5.74) is 0. The van der Waals surface area contributed by atoms with E-state index in [0.717, 1.165) is 41.9 Å². The second-order valence-electron chi connectivity index (χ2n) is 5.98. The molecule has 0 bridgehead atoms. The lowest BCUT2D eigenvalue weighted by atomic mass is 10.3. The van der Waals surface area contributed by atoms with Crippen molar-refractivity contribution in [2.75, 3.05) is 31.6 Å². The van der Waals surface area contributed by atoms with E-state index in [0.29, 0.717) is 13.1 Å². The van der Waals surface area contributed by atoms with Gasteiger partial charge in [-0.1, -0.05) is 38.0 Å². The molecule has 0 aliphatic carbocycles. The first-order chi connectivity index (χ1) is 11.8. The molecule has 1 aliphatic heterocycles. The molecule has 0 saturated carbocycles. The largest absolute Gasteiger partial charge is 0.371 e. The highest BCUT2D eigenvalue weighted by molar-refractivity contribution is 7.91. The lowest BCUT2D eigenvalue weighted by molar-refractivity contribution is 0.183. The molecule has 25 heavy (non-hydrogen) atoms. The summed E-state index contributed by atoms with van der Waals surface area (Å²) in [5.74, 6) is 0. The van der Waals surface area contributed by atoms with Crippen molar-refractivity contribution < 1.29 is 18.3 Å². The van der Waals surface area contributed by atoms with Gasteiger partial charge in [0.25, 0.3) is 10.0 Å². The molecule has 0 aromatic carbocycles. The average molecular weight is 392 g/mol. The van der Waals surface area contributed by atoms with E-state index in [2.05, 4.69) is 10.2 Å². The predicted molar refractivity (Wildman–Crippen MR) is 95.0 cm³/mol. The van der Waals surface area contributed by atoms with Gasteiger partial charge in [-0.2, -0.15) is 4.31 Å². The van der Waals surface area contributed by atoms with Crippen molar-refractivity contribution in [2.45, 2.75) is 50.1 Å². The van der Waals surface area contributed by atoms with Crippen molar-refractivity contribution in [2.24, 2.45) is 0 Å². The Morgan fingerprint density at radius 3 is 2.32 bits per heavy atom. The van der Waals surface area contributed by atoms with Gasteiger partial charge in [0.1, 0.15) is 0 Å². The van der Waals surface area contributed by atoms with E-state index in [9.17, 15) is 18.3 Å². The summed E-state index contributed by atoms with van der Waals surface area (Å²) in [6.45, 7) is 5.01. The molecular weight excluding hydrogens is 366 g/mol. The van der Waals surface area contributed by atoms with Crippen LogP contribution >= 0.6 is 11.3 Å². The van der Waals surface area contributed by atoms with E-state index in [1.807, 2.05) is 13.8 Å². The van der Waals surface area contributed by atoms with Gasteiger partial charge in [0.15, 0.2) is 6.23 Å². The maximum Gasteiger partial charge on any atom is 0.328 e. The van der Waals surface area contributed by atoms with E-state index in [4.69, 9.17) is 0 Å². The van der Waals surface area contributed by atoms with Crippen LogP contribution in [-0.2, 0) is 10.0 Å². The maximum atomic E-state index is 12.9. The summed E-state index contributed by atoms with van der Waals surface area (Å²) >= 11 is 0.808. The molecule has 1 atom stereocenters. The fourth-order valence-corrected chi connectivity index (χ4v) is 5.14. The number of carbonyl (C=O) groups excluding carboxylic acids is 1. The Labute approximate surface area is 152 Å². The fraction of sp³-hybridized carbons (Fsp3) is 0.786. The third kappa shape index (κ3) is 4.27. The molecule has 1 aliphatic rings. The number of aromatic nitrogens is 2. The highest BCUT2D eigenvalue weighted by Gasteiger charge is 2.38. The summed E-state index contributed by atoms with van der Waals surface area (Å²) < 4.78 is 27.0. The molecule has 9 nitrogen and oxygen atoms in total. The van der Waals surface area contributed by atoms with Crippen LogP contribution in [0.4, 0.5) is 9.93 Å². The number of nitrogens with zero attached hydrogens (tertiary/aromatic N) is 5. The second-order valence-corrected chi connectivity index (χ2v) is 9.04. The maximum absolute atomic E-state index is 12.9. The summed E-state index contributed by atoms with van der Waals surface area (Å²) in [6.07, 6.45) is 2.25. The zero-order valence-electron chi connectivity index (χ0n) is 14.8. The third-order valence-electron chi connectivity index (χ3n) is 3.95. The van der Waals surface area contributed by atoms with Crippen LogP contribution in [0, 0.1) is 0 Å². The lowest BCUT2D eigenvalue weighted by Gasteiger charge is -2.20. The summed E-state index contributed by atoms with van der Waals surface area (Å²) in [7, 11) is -2.20. The van der Waals surface area contributed by atoms with Crippen LogP contribution in [0.2, 0.25) is 0 Å². The molecule has 1 fully saturated rings. The van der Waals surface area contributed by atoms with Crippen LogP contribution in [0.5, 0.6) is 0 Å². The average Bonchev–Trinajstić information content (AvgIpc) is 3.13. The van der Waals surface area contributed by atoms with Crippen LogP contribution in [0.15, 0.2) is 4.34 Å². The Morgan fingerprint density at radius 2 is 1.84 bits per heavy atom. The number of aliphatic hydroxyl groups excluding tert-OH is 1. The molecule has 1 aromatic heterocycles. The number of β-amino-alcohol motifs (C(OH)–C–C–N with tert-alkyl or cyclic N) is 1. The molecule has 1 unspecified atom stereocenters. The molecule has 1 saturated heterocycles. The highest BCUT2D eigenvalue weighted by Crippen LogP contribution is 2.30. The van der Waals surface area contributed by atoms with Crippen molar-refractivity contribution in [3.8, 4) is 0 Å². The van der Waals surface area contributed by atoms with Crippen LogP contribution in [0.1, 0.15) is 39.5 Å². The first-order valence-electron chi connectivity index (χ1n) is 8.39. The molecule has 2 amide bonds. The topological polar surface area (TPSA) is 107 Å². The Kier molecular flexibility index (Phi) is 6.72. The van der Waals surface area contributed by atoms with Crippen LogP contribution in [0.3, 0.4) is 0 Å². The molecule has 11 heteroatoms. The van der Waals surface area contributed by atoms with E-state index in [1.54, 1.807) is 7.05 Å². The van der Waals surface area contributed by atoms with Crippen LogP contribution < -0.4 is 4.90 Å². The number of likely N-dealkylation sites (N-methyl/N-ethyl adjacent to an activating group) is 1. The zero-order chi connectivity index (χ0) is 18.6. The number of anilines is 1. The molecule has 2 rings (SSSR count). The molecule has 1 N–H and O–H groups in total. The summed E-state index contributed by atoms with van der Waals surface area (Å²) in [5, 5.41) is 17.7. The smallest absolute Gasteiger partial charge is 0.328 e. The van der Waals surface area contributed by atoms with E-state index >= 15 is 0 Å². The molecular formula is C14H25N5O4S2. The Hall–Kier alpha value is -1.30. The quantitative estimate of drug-likeness (QED) is 0.636. The monoisotopic (exact) mass is 391 g/mol. The normalized spacial score (nSPS) is 18.6. The van der Waals surface area contributed by atoms with Crippen molar-refractivity contribution in [1.29, 1.82) is 0 Å². The number of aliphatic hydroxyl groups is 1. The van der Waals surface area contributed by atoms with Gasteiger partial charge in [-0.15, -0.1) is 10.2 Å². The molecule has 0 radical (unpaired) electrons. The lowest BCUT2D eigenvalue weighted by Crippen LogP contribution is -2.34. The minimum Gasteiger partial charge on any atom is -0.371 e. The predicted octanol–water partition coefficient (Wildman–Crippen LogP) is 1.32. The molecule has 0 spiro atoms. The summed E-state index contributed by atoms with van der Waals surface area (Å²) in [4.78, 5) is 14.5. The van der Waals surface area contributed by atoms with Crippen LogP contribution in [-0.4, -0.2) is 71.9 Å². The van der Waals surface area contributed by atoms with Gasteiger partial charge in [-0.05, 0) is 12.8 Å². The number of carbonyl (C=O) groups is 1. The van der Waals surface area contributed by atoms with Gasteiger partial charge in [-0.25, -0.2) is 18.1 Å². The highest BCUT2D eigenvalue weighted by atomic mass is 32.2. The molecule has 2 heterocycles. The van der Waals surface area contributed by atoms with Crippen molar-refractivity contribution >= 4 is 32.5 Å². The van der Waals surface area contributed by atoms with Crippen molar-refractivity contribution in [3.05, 3.63) is 0 Å². The Bertz CT molecular complexity index is 685. The number of hydrogen-bond donors (Lipinski definition) is 1. The number of sulfonamides is 1. The van der Waals surface area contributed by atoms with Crippen molar-refractivity contribution in [3.63, 3.8) is 0 Å². The second kappa shape index (κ2) is 8.39. The first-order valence-corrected chi connectivity index (χ1v) is 10.6. The number of rotatable bonds is 9. The minimum atomic E-state index is -3.76. The van der Waals surface area contributed by atoms with E-state index < -0.39 is 22.3 Å². The van der Waals surface area contributed by atoms with Gasteiger partial charge in [0, 0.05) is 20.1 Å². The van der Waals surface area contributed by atoms with E-state index in [-0.39, 0.29) is 16.0 Å². The number of urea groups is 1. The van der Waals surface area contributed by atoms with Gasteiger partial charge in [0.05, 0.1) is 6.54 Å². The third-order valence-corrected chi connectivity index (χ3v) is 7.12. The van der Waals surface area contributed by atoms with Gasteiger partial charge in [0.2, 0.25) is 9.47 Å². The van der Waals surface area contributed by atoms with E-state index in [1.165, 1.54) is 9.21 Å². The molecule has 1 aromatic rings. The van der Waals surface area contributed by atoms with Crippen LogP contribution in [0.25, 0.3) is 0 Å². The fourth-order valence-electron chi connectivity index (χ4n) is 2.46. The van der Waals surface area contributed by atoms with Gasteiger partial charge < -0.3 is 10.0 Å². The minimum absolute atomic E-state index is 0.0892. The first kappa shape index (κ1) is 20.0. The SMILES string of the molecule is CCCCN(CCCC)S(=O)(=O)c1nnc(N2C(=O)N(C)CC2O)s1. The van der Waals surface area contributed by atoms with Gasteiger partial charge in [-0.3, -0.25) is 0 Å². The zero-order valence-corrected chi connectivity index (χ0v) is 16.4. The Balaban J connectivity index is 2.24. The van der Waals surface area contributed by atoms with Crippen molar-refractivity contribution in [1.82, 2.24) is 19.4 Å². The number of unbranched alkanes of at least 4 members (excludes halogenated alkanes) is 2. The summed E-state index contributed by atoms with van der Waals surface area (Å²) in [6, 6.07) is -0.429. The van der Waals surface area contributed by atoms with Gasteiger partial charge >= 0.3 is 6.03 Å². The number of hydrogen-bond acceptors (Lipinski definition) is 7. The molecule has 142 valence electrons. The Morgan fingerprint density at radius 1 is 1.24 bits per heavy atom. The number of amides is 2.